The lowest BCUT2D eigenvalue weighted by molar-refractivity contribution is 0.230. The number of benzene rings is 3. The molecule has 0 radical (unpaired) electrons. The molecule has 0 fully saturated rings. The number of ether oxygens (including phenoxy) is 1. The summed E-state index contributed by atoms with van der Waals surface area (Å²) in [5, 5.41) is 2.97. The van der Waals surface area contributed by atoms with Gasteiger partial charge in [-0.25, -0.2) is 4.79 Å². The van der Waals surface area contributed by atoms with E-state index in [1.807, 2.05) is 48.5 Å². The minimum Gasteiger partial charge on any atom is -0.489 e. The van der Waals surface area contributed by atoms with E-state index >= 15 is 0 Å². The molecular formula is C23H24N2O2. The second-order valence-corrected chi connectivity index (χ2v) is 6.67. The van der Waals surface area contributed by atoms with Crippen molar-refractivity contribution in [1.29, 1.82) is 0 Å². The summed E-state index contributed by atoms with van der Waals surface area (Å²) in [4.78, 5) is 13.7. The molecule has 138 valence electrons. The van der Waals surface area contributed by atoms with Crippen LogP contribution < -0.4 is 10.1 Å². The van der Waals surface area contributed by atoms with Crippen LogP contribution in [0.15, 0.2) is 72.8 Å². The van der Waals surface area contributed by atoms with Gasteiger partial charge in [0.2, 0.25) is 0 Å². The van der Waals surface area contributed by atoms with Crippen LogP contribution in [0.2, 0.25) is 0 Å². The van der Waals surface area contributed by atoms with Crippen molar-refractivity contribution in [2.75, 3.05) is 19.4 Å². The number of rotatable bonds is 5. The lowest BCUT2D eigenvalue weighted by Gasteiger charge is -2.17. The predicted octanol–water partition coefficient (Wildman–Crippen LogP) is 5.33. The third kappa shape index (κ3) is 4.88. The van der Waals surface area contributed by atoms with E-state index in [0.29, 0.717) is 12.4 Å². The molecule has 4 nitrogen and oxygen atoms in total. The van der Waals surface area contributed by atoms with Gasteiger partial charge in [-0.15, -0.1) is 0 Å². The Morgan fingerprint density at radius 3 is 2.33 bits per heavy atom. The number of hydrogen-bond acceptors (Lipinski definition) is 2. The van der Waals surface area contributed by atoms with E-state index in [1.165, 1.54) is 10.5 Å². The Hall–Kier alpha value is -3.27. The number of nitrogens with zero attached hydrogens (tertiary/aromatic N) is 1. The fourth-order valence-corrected chi connectivity index (χ4v) is 2.67. The van der Waals surface area contributed by atoms with Crippen molar-refractivity contribution in [2.24, 2.45) is 0 Å². The Labute approximate surface area is 160 Å². The van der Waals surface area contributed by atoms with Gasteiger partial charge >= 0.3 is 6.03 Å². The van der Waals surface area contributed by atoms with Gasteiger partial charge < -0.3 is 15.0 Å². The highest BCUT2D eigenvalue weighted by Crippen LogP contribution is 2.32. The predicted molar refractivity (Wildman–Crippen MR) is 110 cm³/mol. The van der Waals surface area contributed by atoms with Gasteiger partial charge in [-0.05, 0) is 30.2 Å². The maximum Gasteiger partial charge on any atom is 0.321 e. The van der Waals surface area contributed by atoms with Crippen LogP contribution in [0.4, 0.5) is 10.5 Å². The maximum absolute atomic E-state index is 12.2. The summed E-state index contributed by atoms with van der Waals surface area (Å²) in [6.07, 6.45) is 0. The number of carbonyl (C=O) groups is 1. The van der Waals surface area contributed by atoms with Crippen molar-refractivity contribution in [2.45, 2.75) is 13.5 Å². The largest absolute Gasteiger partial charge is 0.489 e. The van der Waals surface area contributed by atoms with Crippen LogP contribution in [0.3, 0.4) is 0 Å². The van der Waals surface area contributed by atoms with Gasteiger partial charge in [0.1, 0.15) is 12.4 Å². The molecule has 2 amide bonds. The van der Waals surface area contributed by atoms with Crippen LogP contribution in [0.5, 0.6) is 5.75 Å². The fraction of sp³-hybridized carbons (Fsp3) is 0.174. The van der Waals surface area contributed by atoms with Gasteiger partial charge in [0, 0.05) is 25.7 Å². The zero-order valence-electron chi connectivity index (χ0n) is 15.9. The van der Waals surface area contributed by atoms with E-state index in [1.54, 1.807) is 14.1 Å². The summed E-state index contributed by atoms with van der Waals surface area (Å²) in [6.45, 7) is 2.53. The molecule has 0 bridgehead atoms. The molecule has 4 heteroatoms. The van der Waals surface area contributed by atoms with Crippen LogP contribution in [0.25, 0.3) is 11.1 Å². The molecular weight excluding hydrogens is 336 g/mol. The maximum atomic E-state index is 12.2. The normalized spacial score (nSPS) is 10.3. The highest BCUT2D eigenvalue weighted by Gasteiger charge is 2.12. The number of aryl methyl sites for hydroxylation is 1. The first-order chi connectivity index (χ1) is 13.0. The number of amides is 2. The number of nitrogens with one attached hydrogen (secondary N) is 1. The molecule has 1 N–H and O–H groups in total. The molecule has 0 aliphatic rings. The SMILES string of the molecule is Cc1ccc(-c2ccc(OCc3ccccc3)cc2NC(=O)N(C)C)cc1. The standard InChI is InChI=1S/C23H24N2O2/c1-17-9-11-19(12-10-17)21-14-13-20(15-22(21)24-23(26)25(2)3)27-16-18-7-5-4-6-8-18/h4-15H,16H2,1-3H3,(H,24,26). The Bertz CT molecular complexity index is 903. The topological polar surface area (TPSA) is 41.6 Å². The third-order valence-electron chi connectivity index (χ3n) is 4.25. The van der Waals surface area contributed by atoms with Gasteiger partial charge in [-0.1, -0.05) is 60.2 Å². The van der Waals surface area contributed by atoms with E-state index in [-0.39, 0.29) is 6.03 Å². The van der Waals surface area contributed by atoms with Gasteiger partial charge in [-0.2, -0.15) is 0 Å². The van der Waals surface area contributed by atoms with Crippen molar-refractivity contribution in [3.05, 3.63) is 83.9 Å². The monoisotopic (exact) mass is 360 g/mol. The second-order valence-electron chi connectivity index (χ2n) is 6.67. The molecule has 0 aliphatic heterocycles. The summed E-state index contributed by atoms with van der Waals surface area (Å²) in [7, 11) is 3.44. The first-order valence-corrected chi connectivity index (χ1v) is 8.89. The molecule has 3 rings (SSSR count). The average Bonchev–Trinajstić information content (AvgIpc) is 2.68. The quantitative estimate of drug-likeness (QED) is 0.668. The zero-order chi connectivity index (χ0) is 19.2. The van der Waals surface area contributed by atoms with Gasteiger partial charge in [0.25, 0.3) is 0 Å². The summed E-state index contributed by atoms with van der Waals surface area (Å²) in [5.41, 5.74) is 5.02. The number of urea groups is 1. The van der Waals surface area contributed by atoms with Crippen LogP contribution in [-0.4, -0.2) is 25.0 Å². The van der Waals surface area contributed by atoms with Crippen molar-refractivity contribution in [3.8, 4) is 16.9 Å². The van der Waals surface area contributed by atoms with Crippen molar-refractivity contribution in [1.82, 2.24) is 4.90 Å². The molecule has 3 aromatic carbocycles. The molecule has 3 aromatic rings. The molecule has 0 saturated carbocycles. The van der Waals surface area contributed by atoms with Gasteiger partial charge in [0.05, 0.1) is 5.69 Å². The number of anilines is 1. The van der Waals surface area contributed by atoms with E-state index < -0.39 is 0 Å². The van der Waals surface area contributed by atoms with Gasteiger partial charge in [-0.3, -0.25) is 0 Å². The Kier molecular flexibility index (Phi) is 5.77. The lowest BCUT2D eigenvalue weighted by Crippen LogP contribution is -2.27. The van der Waals surface area contributed by atoms with Crippen molar-refractivity contribution >= 4 is 11.7 Å². The highest BCUT2D eigenvalue weighted by molar-refractivity contribution is 5.94. The summed E-state index contributed by atoms with van der Waals surface area (Å²) in [6, 6.07) is 23.9. The molecule has 0 heterocycles. The van der Waals surface area contributed by atoms with Crippen LogP contribution in [-0.2, 0) is 6.61 Å². The summed E-state index contributed by atoms with van der Waals surface area (Å²) in [5.74, 6) is 0.712. The van der Waals surface area contributed by atoms with Crippen molar-refractivity contribution < 1.29 is 9.53 Å². The smallest absolute Gasteiger partial charge is 0.321 e. The molecule has 0 unspecified atom stereocenters. The van der Waals surface area contributed by atoms with E-state index in [2.05, 4.69) is 36.5 Å². The molecule has 0 atom stereocenters. The molecule has 0 spiro atoms. The minimum atomic E-state index is -0.177. The highest BCUT2D eigenvalue weighted by atomic mass is 16.5. The molecule has 0 saturated heterocycles. The molecule has 0 aliphatic carbocycles. The van der Waals surface area contributed by atoms with Crippen molar-refractivity contribution in [3.63, 3.8) is 0 Å². The van der Waals surface area contributed by atoms with Crippen LogP contribution in [0, 0.1) is 6.92 Å². The number of hydrogen-bond donors (Lipinski definition) is 1. The summed E-state index contributed by atoms with van der Waals surface area (Å²) < 4.78 is 5.92. The average molecular weight is 360 g/mol. The number of carbonyl (C=O) groups excluding carboxylic acids is 1. The Morgan fingerprint density at radius 2 is 1.67 bits per heavy atom. The van der Waals surface area contributed by atoms with E-state index in [0.717, 1.165) is 22.4 Å². The Balaban J connectivity index is 1.88. The zero-order valence-corrected chi connectivity index (χ0v) is 15.9. The lowest BCUT2D eigenvalue weighted by atomic mass is 10.0. The first-order valence-electron chi connectivity index (χ1n) is 8.89. The third-order valence-corrected chi connectivity index (χ3v) is 4.25. The minimum absolute atomic E-state index is 0.177. The first kappa shape index (κ1) is 18.5. The fourth-order valence-electron chi connectivity index (χ4n) is 2.67. The second kappa shape index (κ2) is 8.41. The summed E-state index contributed by atoms with van der Waals surface area (Å²) >= 11 is 0. The van der Waals surface area contributed by atoms with E-state index in [9.17, 15) is 4.79 Å². The van der Waals surface area contributed by atoms with Crippen LogP contribution in [0.1, 0.15) is 11.1 Å². The molecule has 27 heavy (non-hydrogen) atoms. The Morgan fingerprint density at radius 1 is 0.963 bits per heavy atom. The van der Waals surface area contributed by atoms with Gasteiger partial charge in [0.15, 0.2) is 0 Å². The molecule has 0 aromatic heterocycles. The van der Waals surface area contributed by atoms with E-state index in [4.69, 9.17) is 4.74 Å². The van der Waals surface area contributed by atoms with Crippen LogP contribution >= 0.6 is 0 Å².